The molecule has 166 valence electrons. The van der Waals surface area contributed by atoms with E-state index in [1.54, 1.807) is 17.0 Å². The van der Waals surface area contributed by atoms with Crippen LogP contribution in [-0.4, -0.2) is 38.3 Å². The number of nitrogens with one attached hydrogen (secondary N) is 1. The van der Waals surface area contributed by atoms with Crippen molar-refractivity contribution in [1.29, 1.82) is 0 Å². The van der Waals surface area contributed by atoms with Crippen molar-refractivity contribution >= 4 is 28.6 Å². The fourth-order valence-corrected chi connectivity index (χ4v) is 7.68. The van der Waals surface area contributed by atoms with Crippen LogP contribution in [0.3, 0.4) is 0 Å². The van der Waals surface area contributed by atoms with Crippen LogP contribution in [0, 0.1) is 0 Å². The zero-order valence-corrected chi connectivity index (χ0v) is 20.2. The van der Waals surface area contributed by atoms with Crippen LogP contribution in [0.15, 0.2) is 59.5 Å². The average Bonchev–Trinajstić information content (AvgIpc) is 2.77. The van der Waals surface area contributed by atoms with E-state index in [1.165, 1.54) is 63.1 Å². The second-order valence-electron chi connectivity index (χ2n) is 7.76. The van der Waals surface area contributed by atoms with Crippen molar-refractivity contribution in [3.8, 4) is 0 Å². The van der Waals surface area contributed by atoms with Gasteiger partial charge in [0.2, 0.25) is 0 Å². The van der Waals surface area contributed by atoms with Crippen LogP contribution in [0.5, 0.6) is 0 Å². The zero-order valence-electron chi connectivity index (χ0n) is 18.5. The van der Waals surface area contributed by atoms with Crippen molar-refractivity contribution in [2.24, 2.45) is 0 Å². The minimum atomic E-state index is -4.41. The molecule has 0 saturated heterocycles. The molecule has 1 N–H and O–H groups in total. The molecule has 0 bridgehead atoms. The molecule has 2 aromatic carbocycles. The zero-order chi connectivity index (χ0) is 22.0. The summed E-state index contributed by atoms with van der Waals surface area (Å²) < 4.78 is 34.1. The summed E-state index contributed by atoms with van der Waals surface area (Å²) >= 11 is 0. The highest BCUT2D eigenvalue weighted by Crippen LogP contribution is 2.46. The maximum absolute atomic E-state index is 11.4. The lowest BCUT2D eigenvalue weighted by molar-refractivity contribution is -0.894. The fraction of sp³-hybridized carbons (Fsp3) is 0.500. The van der Waals surface area contributed by atoms with Gasteiger partial charge in [-0.25, -0.2) is 8.42 Å². The molecule has 1 aliphatic carbocycles. The molecular weight excluding hydrogens is 413 g/mol. The van der Waals surface area contributed by atoms with Gasteiger partial charge in [0, 0.05) is 0 Å². The maximum Gasteiger partial charge on any atom is 0.124 e. The number of hydrogen-bond acceptors (Lipinski definition) is 3. The van der Waals surface area contributed by atoms with E-state index < -0.39 is 18.0 Å². The molecule has 4 nitrogen and oxygen atoms in total. The molecule has 1 saturated carbocycles. The topological polar surface area (TPSA) is 61.6 Å². The number of hydrogen-bond donors (Lipinski definition) is 1. The smallest absolute Gasteiger partial charge is 0.124 e. The van der Waals surface area contributed by atoms with E-state index in [4.69, 9.17) is 0 Å². The third-order valence-corrected chi connectivity index (χ3v) is 9.63. The third kappa shape index (κ3) is 7.46. The van der Waals surface area contributed by atoms with Crippen molar-refractivity contribution in [3.63, 3.8) is 0 Å². The van der Waals surface area contributed by atoms with Crippen molar-refractivity contribution in [2.75, 3.05) is 19.6 Å². The Balaban J connectivity index is 0.000000396. The number of quaternary nitrogens is 1. The second-order valence-corrected chi connectivity index (χ2v) is 11.6. The highest BCUT2D eigenvalue weighted by molar-refractivity contribution is 7.85. The van der Waals surface area contributed by atoms with Crippen LogP contribution in [-0.2, 0) is 10.1 Å². The number of benzene rings is 2. The fourth-order valence-electron chi connectivity index (χ4n) is 4.04. The number of rotatable bonds is 7. The molecule has 1 atom stereocenters. The monoisotopic (exact) mass is 449 g/mol. The Bertz CT molecular complexity index is 842. The van der Waals surface area contributed by atoms with Crippen LogP contribution in [0.1, 0.15) is 52.9 Å². The molecular formula is C24H36NO3PS. The first-order valence-corrected chi connectivity index (χ1v) is 14.0. The molecule has 1 unspecified atom stereocenters. The summed E-state index contributed by atoms with van der Waals surface area (Å²) in [6, 6.07) is 17.0. The van der Waals surface area contributed by atoms with E-state index in [-0.39, 0.29) is 4.90 Å². The Hall–Kier alpha value is -1.26. The molecule has 1 aliphatic rings. The summed E-state index contributed by atoms with van der Waals surface area (Å²) in [6.07, 6.45) is 6.10. The molecule has 0 aliphatic heterocycles. The van der Waals surface area contributed by atoms with Gasteiger partial charge in [-0.05, 0) is 69.9 Å². The lowest BCUT2D eigenvalue weighted by Gasteiger charge is -2.31. The Morgan fingerprint density at radius 2 is 1.43 bits per heavy atom. The first-order chi connectivity index (χ1) is 14.4. The summed E-state index contributed by atoms with van der Waals surface area (Å²) in [6.45, 7) is 10.5. The minimum Gasteiger partial charge on any atom is -0.744 e. The van der Waals surface area contributed by atoms with Crippen molar-refractivity contribution in [1.82, 2.24) is 0 Å². The van der Waals surface area contributed by atoms with Gasteiger partial charge in [0.25, 0.3) is 0 Å². The van der Waals surface area contributed by atoms with Gasteiger partial charge >= 0.3 is 0 Å². The summed E-state index contributed by atoms with van der Waals surface area (Å²) in [5.41, 5.74) is 0.561. The molecule has 0 spiro atoms. The molecule has 30 heavy (non-hydrogen) atoms. The molecule has 0 radical (unpaired) electrons. The summed E-state index contributed by atoms with van der Waals surface area (Å²) in [5.74, 6) is 0. The van der Waals surface area contributed by atoms with E-state index in [0.29, 0.717) is 5.66 Å². The van der Waals surface area contributed by atoms with E-state index >= 15 is 0 Å². The second kappa shape index (κ2) is 12.6. The van der Waals surface area contributed by atoms with Gasteiger partial charge < -0.3 is 9.45 Å². The highest BCUT2D eigenvalue weighted by atomic mass is 32.2. The van der Waals surface area contributed by atoms with E-state index in [9.17, 15) is 13.0 Å². The van der Waals surface area contributed by atoms with Crippen molar-refractivity contribution in [2.45, 2.75) is 63.4 Å². The predicted octanol–water partition coefficient (Wildman–Crippen LogP) is 3.29. The van der Waals surface area contributed by atoms with E-state index in [0.717, 1.165) is 5.30 Å². The third-order valence-electron chi connectivity index (χ3n) is 5.86. The van der Waals surface area contributed by atoms with Crippen molar-refractivity contribution in [3.05, 3.63) is 54.6 Å². The van der Waals surface area contributed by atoms with Crippen LogP contribution < -0.4 is 15.5 Å². The molecule has 0 aromatic heterocycles. The highest BCUT2D eigenvalue weighted by Gasteiger charge is 2.26. The molecule has 3 rings (SSSR count). The van der Waals surface area contributed by atoms with Gasteiger partial charge in [-0.15, -0.1) is 0 Å². The largest absolute Gasteiger partial charge is 0.744 e. The Morgan fingerprint density at radius 1 is 0.867 bits per heavy atom. The summed E-state index contributed by atoms with van der Waals surface area (Å²) in [4.78, 5) is 1.56. The predicted molar refractivity (Wildman–Crippen MR) is 126 cm³/mol. The van der Waals surface area contributed by atoms with Gasteiger partial charge in [-0.2, -0.15) is 0 Å². The Kier molecular flexibility index (Phi) is 10.5. The van der Waals surface area contributed by atoms with Crippen LogP contribution in [0.25, 0.3) is 0 Å². The Morgan fingerprint density at radius 3 is 1.93 bits per heavy atom. The molecule has 6 heteroatoms. The quantitative estimate of drug-likeness (QED) is 0.521. The van der Waals surface area contributed by atoms with E-state index in [2.05, 4.69) is 32.9 Å². The van der Waals surface area contributed by atoms with Gasteiger partial charge in [0.15, 0.2) is 0 Å². The molecule has 1 fully saturated rings. The van der Waals surface area contributed by atoms with Crippen LogP contribution in [0.4, 0.5) is 0 Å². The Labute approximate surface area is 184 Å². The minimum absolute atomic E-state index is 0.116. The lowest BCUT2D eigenvalue weighted by atomic mass is 10.0. The average molecular weight is 450 g/mol. The van der Waals surface area contributed by atoms with Gasteiger partial charge in [0.1, 0.15) is 10.1 Å². The molecule has 2 aromatic rings. The standard InChI is InChI=1S/C18H21O3PS.C6H15N/c19-23(20,21)18-13-7-12-17(14-18)22(15-8-3-1-4-9-15)16-10-5-2-6-11-16;1-4-7(5-2)6-3/h1,3-4,7-9,12-14,16H,2,5-6,10-11H2,(H,19,20,21);4-6H2,1-3H3. The molecule has 0 heterocycles. The summed E-state index contributed by atoms with van der Waals surface area (Å²) in [7, 11) is -5.05. The summed E-state index contributed by atoms with van der Waals surface area (Å²) in [5, 5.41) is 2.25. The van der Waals surface area contributed by atoms with Gasteiger partial charge in [-0.1, -0.05) is 61.7 Å². The normalized spacial score (nSPS) is 16.0. The maximum atomic E-state index is 11.4. The van der Waals surface area contributed by atoms with Crippen LogP contribution in [0.2, 0.25) is 0 Å². The van der Waals surface area contributed by atoms with E-state index in [1.807, 2.05) is 24.3 Å². The SMILES string of the molecule is CC[NH+](CC)CC.O=S(=O)([O-])c1cccc(P(c2ccccc2)C2CCCCC2)c1. The first kappa shape index (κ1) is 25.0. The van der Waals surface area contributed by atoms with Crippen LogP contribution >= 0.6 is 7.92 Å². The first-order valence-electron chi connectivity index (χ1n) is 11.1. The van der Waals surface area contributed by atoms with Crippen molar-refractivity contribution < 1.29 is 17.9 Å². The lowest BCUT2D eigenvalue weighted by Crippen LogP contribution is -3.11. The van der Waals surface area contributed by atoms with Gasteiger partial charge in [-0.3, -0.25) is 0 Å². The molecule has 0 amide bonds. The van der Waals surface area contributed by atoms with Gasteiger partial charge in [0.05, 0.1) is 24.5 Å².